The van der Waals surface area contributed by atoms with E-state index in [4.69, 9.17) is 11.6 Å². The van der Waals surface area contributed by atoms with E-state index in [1.165, 1.54) is 17.3 Å². The first kappa shape index (κ1) is 11.5. The third-order valence-corrected chi connectivity index (χ3v) is 3.76. The summed E-state index contributed by atoms with van der Waals surface area (Å²) >= 11 is 5.98. The summed E-state index contributed by atoms with van der Waals surface area (Å²) in [5, 5.41) is 3.69. The van der Waals surface area contributed by atoms with Crippen LogP contribution >= 0.6 is 11.6 Å². The van der Waals surface area contributed by atoms with Crippen molar-refractivity contribution in [3.05, 3.63) is 64.4 Å². The number of fused-ring (bicyclic) bond motifs is 1. The fourth-order valence-corrected chi connectivity index (χ4v) is 2.67. The highest BCUT2D eigenvalue weighted by molar-refractivity contribution is 6.31. The van der Waals surface area contributed by atoms with Crippen molar-refractivity contribution in [3.63, 3.8) is 0 Å². The SMILES string of the molecule is Fc1cccc(CC2Cc3ccccc3N2)c1Cl. The molecule has 0 fully saturated rings. The molecular weight excluding hydrogens is 249 g/mol. The molecule has 1 N–H and O–H groups in total. The van der Waals surface area contributed by atoms with Crippen molar-refractivity contribution in [2.45, 2.75) is 18.9 Å². The number of halogens is 2. The Hall–Kier alpha value is -1.54. The molecule has 3 heteroatoms. The Balaban J connectivity index is 1.78. The quantitative estimate of drug-likeness (QED) is 0.860. The predicted octanol–water partition coefficient (Wildman–Crippen LogP) is 4.06. The van der Waals surface area contributed by atoms with Gasteiger partial charge < -0.3 is 5.32 Å². The van der Waals surface area contributed by atoms with Gasteiger partial charge in [-0.3, -0.25) is 0 Å². The molecule has 2 aromatic carbocycles. The maximum atomic E-state index is 13.4. The van der Waals surface area contributed by atoms with Crippen LogP contribution in [0.25, 0.3) is 0 Å². The van der Waals surface area contributed by atoms with Crippen LogP contribution in [0.4, 0.5) is 10.1 Å². The molecule has 1 unspecified atom stereocenters. The van der Waals surface area contributed by atoms with Crippen LogP contribution in [0, 0.1) is 5.82 Å². The van der Waals surface area contributed by atoms with Crippen LogP contribution in [-0.2, 0) is 12.8 Å². The smallest absolute Gasteiger partial charge is 0.142 e. The van der Waals surface area contributed by atoms with Gasteiger partial charge in [-0.15, -0.1) is 0 Å². The molecule has 0 saturated carbocycles. The first-order valence-electron chi connectivity index (χ1n) is 6.01. The van der Waals surface area contributed by atoms with Gasteiger partial charge in [-0.2, -0.15) is 0 Å². The number of hydrogen-bond acceptors (Lipinski definition) is 1. The first-order valence-corrected chi connectivity index (χ1v) is 6.39. The zero-order valence-electron chi connectivity index (χ0n) is 9.79. The first-order chi connectivity index (χ1) is 8.74. The number of rotatable bonds is 2. The summed E-state index contributed by atoms with van der Waals surface area (Å²) < 4.78 is 13.4. The molecule has 18 heavy (non-hydrogen) atoms. The lowest BCUT2D eigenvalue weighted by molar-refractivity contribution is 0.623. The van der Waals surface area contributed by atoms with Gasteiger partial charge in [0.05, 0.1) is 5.02 Å². The highest BCUT2D eigenvalue weighted by Crippen LogP contribution is 2.29. The van der Waals surface area contributed by atoms with E-state index < -0.39 is 0 Å². The molecule has 0 radical (unpaired) electrons. The lowest BCUT2D eigenvalue weighted by Crippen LogP contribution is -2.18. The second-order valence-electron chi connectivity index (χ2n) is 4.62. The van der Waals surface area contributed by atoms with Gasteiger partial charge in [0.25, 0.3) is 0 Å². The van der Waals surface area contributed by atoms with Gasteiger partial charge in [0.15, 0.2) is 0 Å². The minimum Gasteiger partial charge on any atom is -0.381 e. The molecule has 0 aliphatic carbocycles. The number of nitrogens with one attached hydrogen (secondary N) is 1. The highest BCUT2D eigenvalue weighted by Gasteiger charge is 2.21. The van der Waals surface area contributed by atoms with E-state index in [9.17, 15) is 4.39 Å². The maximum absolute atomic E-state index is 13.4. The fraction of sp³-hybridized carbons (Fsp3) is 0.200. The topological polar surface area (TPSA) is 12.0 Å². The van der Waals surface area contributed by atoms with Crippen LogP contribution in [-0.4, -0.2) is 6.04 Å². The molecule has 3 rings (SSSR count). The van der Waals surface area contributed by atoms with Gasteiger partial charge in [-0.25, -0.2) is 4.39 Å². The Bertz CT molecular complexity index is 557. The van der Waals surface area contributed by atoms with Gasteiger partial charge in [0.1, 0.15) is 5.82 Å². The lowest BCUT2D eigenvalue weighted by Gasteiger charge is -2.12. The average molecular weight is 262 g/mol. The van der Waals surface area contributed by atoms with Crippen LogP contribution in [0.5, 0.6) is 0 Å². The van der Waals surface area contributed by atoms with Crippen molar-refractivity contribution in [2.75, 3.05) is 5.32 Å². The largest absolute Gasteiger partial charge is 0.381 e. The van der Waals surface area contributed by atoms with Gasteiger partial charge in [-0.1, -0.05) is 41.9 Å². The monoisotopic (exact) mass is 261 g/mol. The zero-order valence-corrected chi connectivity index (χ0v) is 10.5. The van der Waals surface area contributed by atoms with Gasteiger partial charge in [0, 0.05) is 11.7 Å². The molecule has 0 amide bonds. The average Bonchev–Trinajstić information content (AvgIpc) is 2.77. The van der Waals surface area contributed by atoms with E-state index >= 15 is 0 Å². The Morgan fingerprint density at radius 1 is 1.17 bits per heavy atom. The summed E-state index contributed by atoms with van der Waals surface area (Å²) in [6, 6.07) is 13.5. The van der Waals surface area contributed by atoms with E-state index in [0.29, 0.717) is 6.04 Å². The van der Waals surface area contributed by atoms with Crippen LogP contribution in [0.1, 0.15) is 11.1 Å². The van der Waals surface area contributed by atoms with Crippen molar-refractivity contribution < 1.29 is 4.39 Å². The second kappa shape index (κ2) is 4.62. The zero-order chi connectivity index (χ0) is 12.5. The van der Waals surface area contributed by atoms with Crippen LogP contribution < -0.4 is 5.32 Å². The highest BCUT2D eigenvalue weighted by atomic mass is 35.5. The molecule has 0 aromatic heterocycles. The maximum Gasteiger partial charge on any atom is 0.142 e. The normalized spacial score (nSPS) is 17.3. The van der Waals surface area contributed by atoms with Crippen molar-refractivity contribution in [1.29, 1.82) is 0 Å². The van der Waals surface area contributed by atoms with Crippen molar-refractivity contribution in [2.24, 2.45) is 0 Å². The molecule has 0 bridgehead atoms. The van der Waals surface area contributed by atoms with Gasteiger partial charge in [0.2, 0.25) is 0 Å². The minimum atomic E-state index is -0.343. The predicted molar refractivity (Wildman–Crippen MR) is 72.7 cm³/mol. The molecule has 2 aromatic rings. The number of benzene rings is 2. The van der Waals surface area contributed by atoms with E-state index in [1.807, 2.05) is 18.2 Å². The standard InChI is InChI=1S/C15H13ClFN/c16-15-11(5-3-6-13(15)17)9-12-8-10-4-1-2-7-14(10)18-12/h1-7,12,18H,8-9H2. The fourth-order valence-electron chi connectivity index (χ4n) is 2.47. The van der Waals surface area contributed by atoms with Crippen LogP contribution in [0.2, 0.25) is 5.02 Å². The molecule has 1 aliphatic heterocycles. The number of hydrogen-bond donors (Lipinski definition) is 1. The Morgan fingerprint density at radius 3 is 2.83 bits per heavy atom. The van der Waals surface area contributed by atoms with Gasteiger partial charge >= 0.3 is 0 Å². The molecule has 0 spiro atoms. The van der Waals surface area contributed by atoms with Crippen molar-refractivity contribution in [3.8, 4) is 0 Å². The molecule has 1 atom stereocenters. The lowest BCUT2D eigenvalue weighted by atomic mass is 10.0. The van der Waals surface area contributed by atoms with E-state index in [2.05, 4.69) is 17.4 Å². The Labute approximate surface area is 111 Å². The summed E-state index contributed by atoms with van der Waals surface area (Å²) in [6.45, 7) is 0. The molecule has 1 heterocycles. The van der Waals surface area contributed by atoms with Crippen LogP contribution in [0.3, 0.4) is 0 Å². The molecule has 1 nitrogen and oxygen atoms in total. The number of para-hydroxylation sites is 1. The molecule has 0 saturated heterocycles. The van der Waals surface area contributed by atoms with Crippen molar-refractivity contribution in [1.82, 2.24) is 0 Å². The second-order valence-corrected chi connectivity index (χ2v) is 5.00. The van der Waals surface area contributed by atoms with Gasteiger partial charge in [-0.05, 0) is 36.1 Å². The summed E-state index contributed by atoms with van der Waals surface area (Å²) in [7, 11) is 0. The third kappa shape index (κ3) is 2.08. The minimum absolute atomic E-state index is 0.246. The summed E-state index contributed by atoms with van der Waals surface area (Å²) in [6.07, 6.45) is 1.70. The summed E-state index contributed by atoms with van der Waals surface area (Å²) in [5.41, 5.74) is 3.35. The number of anilines is 1. The summed E-state index contributed by atoms with van der Waals surface area (Å²) in [5.74, 6) is -0.343. The molecule has 1 aliphatic rings. The van der Waals surface area contributed by atoms with E-state index in [1.54, 1.807) is 6.07 Å². The summed E-state index contributed by atoms with van der Waals surface area (Å²) in [4.78, 5) is 0. The Morgan fingerprint density at radius 2 is 2.00 bits per heavy atom. The third-order valence-electron chi connectivity index (χ3n) is 3.34. The van der Waals surface area contributed by atoms with E-state index in [-0.39, 0.29) is 10.8 Å². The molecular formula is C15H13ClFN. The van der Waals surface area contributed by atoms with Crippen molar-refractivity contribution >= 4 is 17.3 Å². The molecule has 92 valence electrons. The van der Waals surface area contributed by atoms with Crippen LogP contribution in [0.15, 0.2) is 42.5 Å². The van der Waals surface area contributed by atoms with E-state index in [0.717, 1.165) is 18.4 Å². The Kier molecular flexibility index (Phi) is 2.96.